The van der Waals surface area contributed by atoms with E-state index >= 15 is 0 Å². The van der Waals surface area contributed by atoms with Crippen LogP contribution in [0.15, 0.2) is 23.6 Å². The summed E-state index contributed by atoms with van der Waals surface area (Å²) in [6.45, 7) is 2.42. The van der Waals surface area contributed by atoms with Crippen LogP contribution in [0.4, 0.5) is 10.1 Å². The highest BCUT2D eigenvalue weighted by atomic mass is 32.1. The number of benzene rings is 1. The van der Waals surface area contributed by atoms with Crippen LogP contribution in [-0.4, -0.2) is 4.98 Å². The summed E-state index contributed by atoms with van der Waals surface area (Å²) in [5, 5.41) is 14.8. The van der Waals surface area contributed by atoms with Crippen molar-refractivity contribution < 1.29 is 4.39 Å². The summed E-state index contributed by atoms with van der Waals surface area (Å²) in [6, 6.07) is 6.38. The summed E-state index contributed by atoms with van der Waals surface area (Å²) < 4.78 is 13.3. The number of thiazole rings is 1. The zero-order chi connectivity index (χ0) is 12.3. The molecule has 1 aromatic heterocycles. The van der Waals surface area contributed by atoms with Gasteiger partial charge in [0.25, 0.3) is 0 Å². The van der Waals surface area contributed by atoms with Gasteiger partial charge in [0.2, 0.25) is 0 Å². The molecule has 0 fully saturated rings. The average Bonchev–Trinajstić information content (AvgIpc) is 2.72. The minimum atomic E-state index is -0.507. The molecule has 0 amide bonds. The van der Waals surface area contributed by atoms with Crippen molar-refractivity contribution in [3.63, 3.8) is 0 Å². The van der Waals surface area contributed by atoms with Gasteiger partial charge >= 0.3 is 0 Å². The molecule has 2 aromatic rings. The Balaban J connectivity index is 2.14. The van der Waals surface area contributed by atoms with Gasteiger partial charge in [0.05, 0.1) is 22.9 Å². The van der Waals surface area contributed by atoms with Crippen molar-refractivity contribution >= 4 is 17.0 Å². The smallest absolute Gasteiger partial charge is 0.143 e. The van der Waals surface area contributed by atoms with Crippen LogP contribution in [0, 0.1) is 24.1 Å². The average molecular weight is 247 g/mol. The maximum absolute atomic E-state index is 13.3. The first-order chi connectivity index (χ1) is 8.20. The molecule has 0 saturated carbocycles. The maximum atomic E-state index is 13.3. The monoisotopic (exact) mass is 247 g/mol. The van der Waals surface area contributed by atoms with E-state index in [0.717, 1.165) is 10.7 Å². The lowest BCUT2D eigenvalue weighted by atomic mass is 10.2. The fourth-order valence-corrected chi connectivity index (χ4v) is 2.07. The van der Waals surface area contributed by atoms with Crippen molar-refractivity contribution in [1.29, 1.82) is 5.26 Å². The summed E-state index contributed by atoms with van der Waals surface area (Å²) in [4.78, 5) is 4.28. The molecule has 0 bridgehead atoms. The van der Waals surface area contributed by atoms with Crippen molar-refractivity contribution in [2.45, 2.75) is 13.5 Å². The molecule has 17 heavy (non-hydrogen) atoms. The standard InChI is InChI=1S/C12H10FN3S/c1-8-16-9(7-17-8)6-15-12-4-2-3-11(13)10(12)5-14/h2-4,7,15H,6H2,1H3. The van der Waals surface area contributed by atoms with E-state index in [9.17, 15) is 4.39 Å². The Hall–Kier alpha value is -1.93. The molecule has 0 atom stereocenters. The summed E-state index contributed by atoms with van der Waals surface area (Å²) in [7, 11) is 0. The van der Waals surface area contributed by atoms with Gasteiger partial charge in [0.1, 0.15) is 17.4 Å². The topological polar surface area (TPSA) is 48.7 Å². The fraction of sp³-hybridized carbons (Fsp3) is 0.167. The number of halogens is 1. The molecule has 0 aliphatic heterocycles. The highest BCUT2D eigenvalue weighted by Gasteiger charge is 2.07. The van der Waals surface area contributed by atoms with Crippen molar-refractivity contribution in [1.82, 2.24) is 4.98 Å². The Labute approximate surface area is 103 Å². The third-order valence-electron chi connectivity index (χ3n) is 2.25. The molecule has 3 nitrogen and oxygen atoms in total. The maximum Gasteiger partial charge on any atom is 0.143 e. The SMILES string of the molecule is Cc1nc(CNc2cccc(F)c2C#N)cs1. The van der Waals surface area contributed by atoms with E-state index in [0.29, 0.717) is 12.2 Å². The number of rotatable bonds is 3. The number of nitrogens with one attached hydrogen (secondary N) is 1. The van der Waals surface area contributed by atoms with E-state index in [2.05, 4.69) is 10.3 Å². The van der Waals surface area contributed by atoms with Crippen molar-refractivity contribution in [3.8, 4) is 6.07 Å². The van der Waals surface area contributed by atoms with Crippen molar-refractivity contribution in [3.05, 3.63) is 45.7 Å². The van der Waals surface area contributed by atoms with Crippen LogP contribution in [0.1, 0.15) is 16.3 Å². The van der Waals surface area contributed by atoms with Crippen LogP contribution < -0.4 is 5.32 Å². The highest BCUT2D eigenvalue weighted by molar-refractivity contribution is 7.09. The molecule has 0 spiro atoms. The van der Waals surface area contributed by atoms with Gasteiger partial charge in [-0.3, -0.25) is 0 Å². The minimum Gasteiger partial charge on any atom is -0.378 e. The summed E-state index contributed by atoms with van der Waals surface area (Å²) >= 11 is 1.56. The van der Waals surface area contributed by atoms with Gasteiger partial charge in [-0.25, -0.2) is 9.37 Å². The Kier molecular flexibility index (Phi) is 3.35. The number of aryl methyl sites for hydroxylation is 1. The second-order valence-corrected chi connectivity index (χ2v) is 4.55. The summed E-state index contributed by atoms with van der Waals surface area (Å²) in [5.74, 6) is -0.507. The third kappa shape index (κ3) is 2.60. The largest absolute Gasteiger partial charge is 0.378 e. The van der Waals surface area contributed by atoms with Crippen LogP contribution in [0.5, 0.6) is 0 Å². The van der Waals surface area contributed by atoms with Gasteiger partial charge in [-0.05, 0) is 19.1 Å². The summed E-state index contributed by atoms with van der Waals surface area (Å²) in [5.41, 5.74) is 1.43. The van der Waals surface area contributed by atoms with Crippen LogP contribution in [0.3, 0.4) is 0 Å². The van der Waals surface area contributed by atoms with E-state index in [1.54, 1.807) is 23.5 Å². The normalized spacial score (nSPS) is 9.94. The fourth-order valence-electron chi connectivity index (χ4n) is 1.46. The summed E-state index contributed by atoms with van der Waals surface area (Å²) in [6.07, 6.45) is 0. The van der Waals surface area contributed by atoms with E-state index in [1.807, 2.05) is 18.4 Å². The number of anilines is 1. The van der Waals surface area contributed by atoms with E-state index in [1.165, 1.54) is 6.07 Å². The zero-order valence-electron chi connectivity index (χ0n) is 9.20. The number of nitriles is 1. The Morgan fingerprint density at radius 3 is 3.00 bits per heavy atom. The van der Waals surface area contributed by atoms with Gasteiger partial charge in [0.15, 0.2) is 0 Å². The second-order valence-electron chi connectivity index (χ2n) is 3.49. The second kappa shape index (κ2) is 4.93. The molecule has 0 unspecified atom stereocenters. The van der Waals surface area contributed by atoms with E-state index in [-0.39, 0.29) is 5.56 Å². The zero-order valence-corrected chi connectivity index (χ0v) is 10.0. The number of hydrogen-bond acceptors (Lipinski definition) is 4. The van der Waals surface area contributed by atoms with Crippen LogP contribution in [-0.2, 0) is 6.54 Å². The van der Waals surface area contributed by atoms with Crippen LogP contribution in [0.2, 0.25) is 0 Å². The Morgan fingerprint density at radius 1 is 1.53 bits per heavy atom. The van der Waals surface area contributed by atoms with E-state index in [4.69, 9.17) is 5.26 Å². The van der Waals surface area contributed by atoms with Crippen LogP contribution >= 0.6 is 11.3 Å². The predicted octanol–water partition coefficient (Wildman–Crippen LogP) is 3.07. The molecule has 0 radical (unpaired) electrons. The minimum absolute atomic E-state index is 0.0412. The van der Waals surface area contributed by atoms with Gasteiger partial charge in [-0.1, -0.05) is 6.07 Å². The van der Waals surface area contributed by atoms with Crippen molar-refractivity contribution in [2.75, 3.05) is 5.32 Å². The quantitative estimate of drug-likeness (QED) is 0.906. The molecule has 2 rings (SSSR count). The number of nitrogens with zero attached hydrogens (tertiary/aromatic N) is 2. The number of hydrogen-bond donors (Lipinski definition) is 1. The molecule has 1 heterocycles. The molecule has 1 N–H and O–H groups in total. The molecular weight excluding hydrogens is 237 g/mol. The molecule has 1 aromatic carbocycles. The van der Waals surface area contributed by atoms with Gasteiger partial charge in [0, 0.05) is 5.38 Å². The first kappa shape index (κ1) is 11.6. The lowest BCUT2D eigenvalue weighted by Crippen LogP contribution is -2.02. The van der Waals surface area contributed by atoms with Gasteiger partial charge in [-0.15, -0.1) is 11.3 Å². The number of aromatic nitrogens is 1. The predicted molar refractivity (Wildman–Crippen MR) is 65.3 cm³/mol. The molecule has 0 aliphatic rings. The first-order valence-electron chi connectivity index (χ1n) is 5.04. The lowest BCUT2D eigenvalue weighted by Gasteiger charge is -2.06. The molecule has 5 heteroatoms. The Bertz CT molecular complexity index is 571. The molecule has 0 aliphatic carbocycles. The molecule has 0 saturated heterocycles. The Morgan fingerprint density at radius 2 is 2.35 bits per heavy atom. The van der Waals surface area contributed by atoms with E-state index < -0.39 is 5.82 Å². The van der Waals surface area contributed by atoms with Gasteiger partial charge < -0.3 is 5.32 Å². The molecule has 86 valence electrons. The third-order valence-corrected chi connectivity index (χ3v) is 3.07. The van der Waals surface area contributed by atoms with Crippen molar-refractivity contribution in [2.24, 2.45) is 0 Å². The lowest BCUT2D eigenvalue weighted by molar-refractivity contribution is 0.624. The van der Waals surface area contributed by atoms with Gasteiger partial charge in [-0.2, -0.15) is 5.26 Å². The van der Waals surface area contributed by atoms with Crippen LogP contribution in [0.25, 0.3) is 0 Å². The first-order valence-corrected chi connectivity index (χ1v) is 5.92. The highest BCUT2D eigenvalue weighted by Crippen LogP contribution is 2.19. The molecular formula is C12H10FN3S.